The van der Waals surface area contributed by atoms with Gasteiger partial charge < -0.3 is 10.4 Å². The molecule has 6 nitrogen and oxygen atoms in total. The zero-order valence-corrected chi connectivity index (χ0v) is 17.0. The predicted molar refractivity (Wildman–Crippen MR) is 118 cm³/mol. The molecule has 0 saturated carbocycles. The molecule has 1 heterocycles. The lowest BCUT2D eigenvalue weighted by Crippen LogP contribution is -2.28. The largest absolute Gasteiger partial charge is 0.478 e. The van der Waals surface area contributed by atoms with Gasteiger partial charge in [-0.1, -0.05) is 48.6 Å². The maximum Gasteiger partial charge on any atom is 0.335 e. The summed E-state index contributed by atoms with van der Waals surface area (Å²) in [4.78, 5) is 38.1. The summed E-state index contributed by atoms with van der Waals surface area (Å²) in [5.41, 5.74) is 1.49. The summed E-state index contributed by atoms with van der Waals surface area (Å²) in [6, 6.07) is 15.7. The van der Waals surface area contributed by atoms with Gasteiger partial charge in [0, 0.05) is 18.7 Å². The number of benzene rings is 2. The lowest BCUT2D eigenvalue weighted by molar-refractivity contribution is -0.116. The van der Waals surface area contributed by atoms with Crippen molar-refractivity contribution < 1.29 is 19.5 Å². The number of carbonyl (C=O) groups is 3. The van der Waals surface area contributed by atoms with Crippen LogP contribution in [0.25, 0.3) is 6.08 Å². The standard InChI is InChI=1S/C21H18N2O4S2/c24-18(22-16-9-4-8-15(13-16)20(25)26)10-5-11-23-19(28)17(29-21(23)27)12-14-6-2-1-3-7-14/h1-4,6-9,12-13H,5,10-11H2,(H,22,24)(H,25,26). The third kappa shape index (κ3) is 5.52. The number of carboxylic acid groups (broad SMARTS) is 1. The summed E-state index contributed by atoms with van der Waals surface area (Å²) in [7, 11) is 0. The quantitative estimate of drug-likeness (QED) is 0.495. The van der Waals surface area contributed by atoms with E-state index in [4.69, 9.17) is 17.3 Å². The highest BCUT2D eigenvalue weighted by molar-refractivity contribution is 8.19. The minimum absolute atomic E-state index is 0.102. The molecule has 3 rings (SSSR count). The van der Waals surface area contributed by atoms with Crippen molar-refractivity contribution in [2.45, 2.75) is 12.8 Å². The van der Waals surface area contributed by atoms with Crippen LogP contribution < -0.4 is 5.32 Å². The Bertz CT molecular complexity index is 989. The molecular weight excluding hydrogens is 408 g/mol. The van der Waals surface area contributed by atoms with E-state index in [2.05, 4.69) is 5.32 Å². The van der Waals surface area contributed by atoms with Crippen LogP contribution in [0.5, 0.6) is 0 Å². The molecule has 148 valence electrons. The van der Waals surface area contributed by atoms with Gasteiger partial charge >= 0.3 is 5.97 Å². The summed E-state index contributed by atoms with van der Waals surface area (Å²) in [6.45, 7) is 0.347. The number of carboxylic acids is 1. The number of anilines is 1. The Morgan fingerprint density at radius 1 is 1.14 bits per heavy atom. The predicted octanol–water partition coefficient (Wildman–Crippen LogP) is 4.64. The van der Waals surface area contributed by atoms with E-state index in [1.807, 2.05) is 36.4 Å². The first kappa shape index (κ1) is 20.8. The van der Waals surface area contributed by atoms with Crippen molar-refractivity contribution in [2.75, 3.05) is 11.9 Å². The van der Waals surface area contributed by atoms with Crippen molar-refractivity contribution in [1.29, 1.82) is 0 Å². The Kier molecular flexibility index (Phi) is 6.79. The summed E-state index contributed by atoms with van der Waals surface area (Å²) >= 11 is 6.51. The van der Waals surface area contributed by atoms with Gasteiger partial charge in [-0.25, -0.2) is 4.79 Å². The van der Waals surface area contributed by atoms with Crippen molar-refractivity contribution in [2.24, 2.45) is 0 Å². The highest BCUT2D eigenvalue weighted by atomic mass is 32.2. The molecule has 2 amide bonds. The molecule has 0 bridgehead atoms. The molecule has 0 radical (unpaired) electrons. The molecule has 0 aliphatic carbocycles. The summed E-state index contributed by atoms with van der Waals surface area (Å²) in [5.74, 6) is -1.31. The molecule has 0 atom stereocenters. The first-order chi connectivity index (χ1) is 13.9. The van der Waals surface area contributed by atoms with Gasteiger partial charge in [-0.05, 0) is 48.0 Å². The Morgan fingerprint density at radius 2 is 1.90 bits per heavy atom. The molecule has 2 aromatic carbocycles. The number of thiocarbonyl (C=S) groups is 1. The highest BCUT2D eigenvalue weighted by Crippen LogP contribution is 2.33. The third-order valence-corrected chi connectivity index (χ3v) is 5.65. The van der Waals surface area contributed by atoms with Gasteiger partial charge in [-0.2, -0.15) is 0 Å². The number of aromatic carboxylic acids is 1. The van der Waals surface area contributed by atoms with Crippen molar-refractivity contribution in [3.05, 3.63) is 70.6 Å². The summed E-state index contributed by atoms with van der Waals surface area (Å²) in [6.07, 6.45) is 2.51. The number of carbonyl (C=O) groups excluding carboxylic acids is 2. The van der Waals surface area contributed by atoms with Crippen LogP contribution in [0.1, 0.15) is 28.8 Å². The molecule has 29 heavy (non-hydrogen) atoms. The van der Waals surface area contributed by atoms with Crippen molar-refractivity contribution in [1.82, 2.24) is 4.90 Å². The zero-order chi connectivity index (χ0) is 20.8. The molecule has 8 heteroatoms. The first-order valence-corrected chi connectivity index (χ1v) is 10.1. The first-order valence-electron chi connectivity index (χ1n) is 8.87. The number of nitrogens with one attached hydrogen (secondary N) is 1. The Labute approximate surface area is 177 Å². The maximum absolute atomic E-state index is 12.3. The number of rotatable bonds is 7. The maximum atomic E-state index is 12.3. The Balaban J connectivity index is 1.52. The minimum atomic E-state index is -1.06. The van der Waals surface area contributed by atoms with E-state index in [1.54, 1.807) is 12.1 Å². The van der Waals surface area contributed by atoms with Crippen molar-refractivity contribution in [3.8, 4) is 0 Å². The normalized spacial score (nSPS) is 15.0. The van der Waals surface area contributed by atoms with Crippen LogP contribution in [0, 0.1) is 0 Å². The number of nitrogens with zero attached hydrogens (tertiary/aromatic N) is 1. The topological polar surface area (TPSA) is 86.7 Å². The average molecular weight is 427 g/mol. The van der Waals surface area contributed by atoms with E-state index in [1.165, 1.54) is 17.0 Å². The SMILES string of the molecule is O=C(CCCN1C(=O)SC(=Cc2ccccc2)C1=S)Nc1cccc(C(=O)O)c1. The monoisotopic (exact) mass is 426 g/mol. The molecule has 2 N–H and O–H groups in total. The number of hydrogen-bond acceptors (Lipinski definition) is 5. The second-order valence-corrected chi connectivity index (χ2v) is 7.66. The van der Waals surface area contributed by atoms with Crippen LogP contribution in [-0.4, -0.2) is 38.7 Å². The molecule has 2 aromatic rings. The van der Waals surface area contributed by atoms with E-state index < -0.39 is 5.97 Å². The molecule has 0 aromatic heterocycles. The summed E-state index contributed by atoms with van der Waals surface area (Å²) < 4.78 is 0. The van der Waals surface area contributed by atoms with Gasteiger partial charge in [0.15, 0.2) is 0 Å². The van der Waals surface area contributed by atoms with Crippen LogP contribution >= 0.6 is 24.0 Å². The fraction of sp³-hybridized carbons (Fsp3) is 0.143. The van der Waals surface area contributed by atoms with E-state index in [0.29, 0.717) is 23.6 Å². The zero-order valence-electron chi connectivity index (χ0n) is 15.3. The van der Waals surface area contributed by atoms with Gasteiger partial charge in [0.05, 0.1) is 10.5 Å². The fourth-order valence-electron chi connectivity index (χ4n) is 2.74. The second kappa shape index (κ2) is 9.49. The number of thioether (sulfide) groups is 1. The van der Waals surface area contributed by atoms with Gasteiger partial charge in [0.25, 0.3) is 5.24 Å². The van der Waals surface area contributed by atoms with Gasteiger partial charge in [0.2, 0.25) is 5.91 Å². The lowest BCUT2D eigenvalue weighted by atomic mass is 10.2. The molecule has 0 unspecified atom stereocenters. The number of amides is 2. The van der Waals surface area contributed by atoms with E-state index in [0.717, 1.165) is 22.2 Å². The van der Waals surface area contributed by atoms with Crippen molar-refractivity contribution >= 4 is 57.8 Å². The Hall–Kier alpha value is -2.97. The molecule has 1 saturated heterocycles. The van der Waals surface area contributed by atoms with Gasteiger partial charge in [-0.3, -0.25) is 14.5 Å². The van der Waals surface area contributed by atoms with E-state index >= 15 is 0 Å². The van der Waals surface area contributed by atoms with Crippen LogP contribution in [-0.2, 0) is 4.79 Å². The van der Waals surface area contributed by atoms with Crippen LogP contribution in [0.4, 0.5) is 10.5 Å². The molecular formula is C21H18N2O4S2. The smallest absolute Gasteiger partial charge is 0.335 e. The average Bonchev–Trinajstić information content (AvgIpc) is 2.96. The molecule has 1 aliphatic heterocycles. The van der Waals surface area contributed by atoms with E-state index in [-0.39, 0.29) is 23.1 Å². The minimum Gasteiger partial charge on any atom is -0.478 e. The van der Waals surface area contributed by atoms with Crippen LogP contribution in [0.15, 0.2) is 59.5 Å². The van der Waals surface area contributed by atoms with Crippen molar-refractivity contribution in [3.63, 3.8) is 0 Å². The Morgan fingerprint density at radius 3 is 2.62 bits per heavy atom. The van der Waals surface area contributed by atoms with Gasteiger partial charge in [-0.15, -0.1) is 0 Å². The second-order valence-electron chi connectivity index (χ2n) is 6.28. The van der Waals surface area contributed by atoms with Gasteiger partial charge in [0.1, 0.15) is 4.99 Å². The highest BCUT2D eigenvalue weighted by Gasteiger charge is 2.31. The number of hydrogen-bond donors (Lipinski definition) is 2. The molecule has 1 aliphatic rings. The summed E-state index contributed by atoms with van der Waals surface area (Å²) in [5, 5.41) is 11.5. The molecule has 1 fully saturated rings. The lowest BCUT2D eigenvalue weighted by Gasteiger charge is -2.14. The molecule has 0 spiro atoms. The van der Waals surface area contributed by atoms with Crippen LogP contribution in [0.3, 0.4) is 0 Å². The fourth-order valence-corrected chi connectivity index (χ4v) is 4.03. The third-order valence-electron chi connectivity index (χ3n) is 4.15. The van der Waals surface area contributed by atoms with Crippen LogP contribution in [0.2, 0.25) is 0 Å². The van der Waals surface area contributed by atoms with E-state index in [9.17, 15) is 14.4 Å².